The zero-order chi connectivity index (χ0) is 24.2. The number of carbonyl (C=O) groups is 3. The van der Waals surface area contributed by atoms with Crippen molar-refractivity contribution in [1.82, 2.24) is 4.90 Å². The molecule has 34 heavy (non-hydrogen) atoms. The number of hydrogen-bond donors (Lipinski definition) is 0. The molecule has 1 saturated heterocycles. The van der Waals surface area contributed by atoms with E-state index in [1.807, 2.05) is 0 Å². The molecule has 2 amide bonds. The minimum absolute atomic E-state index is 0.0654. The van der Waals surface area contributed by atoms with E-state index in [1.165, 1.54) is 31.4 Å². The van der Waals surface area contributed by atoms with Gasteiger partial charge in [0, 0.05) is 5.02 Å². The predicted octanol–water partition coefficient (Wildman–Crippen LogP) is 5.94. The molecule has 1 aliphatic heterocycles. The van der Waals surface area contributed by atoms with E-state index in [-0.39, 0.29) is 28.5 Å². The van der Waals surface area contributed by atoms with Gasteiger partial charge < -0.3 is 9.47 Å². The summed E-state index contributed by atoms with van der Waals surface area (Å²) in [5.74, 6) is -1.72. The van der Waals surface area contributed by atoms with E-state index in [0.717, 1.165) is 22.7 Å². The molecule has 0 spiro atoms. The lowest BCUT2D eigenvalue weighted by Crippen LogP contribution is -2.27. The normalized spacial score (nSPS) is 14.6. The summed E-state index contributed by atoms with van der Waals surface area (Å²) >= 11 is 6.97. The fraction of sp³-hybridized carbons (Fsp3) is 0.0800. The van der Waals surface area contributed by atoms with Crippen LogP contribution in [0.25, 0.3) is 6.08 Å². The van der Waals surface area contributed by atoms with Crippen LogP contribution in [-0.2, 0) is 11.3 Å². The molecule has 0 aromatic heterocycles. The highest BCUT2D eigenvalue weighted by Crippen LogP contribution is 2.36. The van der Waals surface area contributed by atoms with Crippen LogP contribution in [0.3, 0.4) is 0 Å². The molecule has 1 aliphatic rings. The van der Waals surface area contributed by atoms with Gasteiger partial charge in [-0.2, -0.15) is 0 Å². The van der Waals surface area contributed by atoms with Crippen molar-refractivity contribution in [3.05, 3.63) is 99.2 Å². The Balaban J connectivity index is 1.53. The summed E-state index contributed by atoms with van der Waals surface area (Å²) in [5.41, 5.74) is 1.00. The Morgan fingerprint density at radius 3 is 2.53 bits per heavy atom. The van der Waals surface area contributed by atoms with Gasteiger partial charge >= 0.3 is 5.97 Å². The second kappa shape index (κ2) is 10.1. The number of rotatable bonds is 6. The number of amides is 2. The molecule has 3 aromatic carbocycles. The zero-order valence-corrected chi connectivity index (χ0v) is 19.4. The standard InChI is InChI=1S/C25H17ClFNO5S/c1-32-21-12-15(10-11-20(21)33-24(30)17-7-3-5-9-19(17)27)13-22-23(29)28(25(31)34-22)14-16-6-2-4-8-18(16)26/h2-13H,14H2,1H3/b22-13-. The molecule has 0 atom stereocenters. The number of nitrogens with zero attached hydrogens (tertiary/aromatic N) is 1. The Morgan fingerprint density at radius 1 is 1.06 bits per heavy atom. The lowest BCUT2D eigenvalue weighted by atomic mass is 10.1. The molecule has 6 nitrogen and oxygen atoms in total. The summed E-state index contributed by atoms with van der Waals surface area (Å²) in [7, 11) is 1.39. The van der Waals surface area contributed by atoms with Gasteiger partial charge in [-0.15, -0.1) is 0 Å². The van der Waals surface area contributed by atoms with Crippen LogP contribution in [0.2, 0.25) is 5.02 Å². The van der Waals surface area contributed by atoms with Gasteiger partial charge in [-0.25, -0.2) is 9.18 Å². The van der Waals surface area contributed by atoms with Gasteiger partial charge in [-0.1, -0.05) is 48.0 Å². The third-order valence-electron chi connectivity index (χ3n) is 4.94. The van der Waals surface area contributed by atoms with Crippen molar-refractivity contribution >= 4 is 46.6 Å². The van der Waals surface area contributed by atoms with Gasteiger partial charge in [0.2, 0.25) is 0 Å². The van der Waals surface area contributed by atoms with E-state index in [1.54, 1.807) is 42.5 Å². The molecule has 9 heteroatoms. The molecule has 0 radical (unpaired) electrons. The Kier molecular flexibility index (Phi) is 7.00. The molecule has 0 N–H and O–H groups in total. The topological polar surface area (TPSA) is 72.9 Å². The number of esters is 1. The van der Waals surface area contributed by atoms with Crippen molar-refractivity contribution in [3.8, 4) is 11.5 Å². The number of hydrogen-bond acceptors (Lipinski definition) is 6. The fourth-order valence-electron chi connectivity index (χ4n) is 3.22. The first-order chi connectivity index (χ1) is 16.4. The number of thioether (sulfide) groups is 1. The van der Waals surface area contributed by atoms with Gasteiger partial charge in [0.25, 0.3) is 11.1 Å². The third kappa shape index (κ3) is 4.98. The smallest absolute Gasteiger partial charge is 0.346 e. The second-order valence-electron chi connectivity index (χ2n) is 7.14. The van der Waals surface area contributed by atoms with Crippen molar-refractivity contribution < 1.29 is 28.2 Å². The van der Waals surface area contributed by atoms with Crippen molar-refractivity contribution in [2.24, 2.45) is 0 Å². The highest BCUT2D eigenvalue weighted by atomic mass is 35.5. The van der Waals surface area contributed by atoms with E-state index in [2.05, 4.69) is 0 Å². The van der Waals surface area contributed by atoms with Crippen LogP contribution in [-0.4, -0.2) is 29.1 Å². The maximum Gasteiger partial charge on any atom is 0.346 e. The summed E-state index contributed by atoms with van der Waals surface area (Å²) in [6.45, 7) is 0.0654. The molecule has 0 saturated carbocycles. The molecule has 0 aliphatic carbocycles. The maximum absolute atomic E-state index is 13.9. The first-order valence-electron chi connectivity index (χ1n) is 10.0. The van der Waals surface area contributed by atoms with Gasteiger partial charge in [0.1, 0.15) is 5.82 Å². The fourth-order valence-corrected chi connectivity index (χ4v) is 4.26. The Hall–Kier alpha value is -3.62. The van der Waals surface area contributed by atoms with Gasteiger partial charge in [-0.05, 0) is 59.3 Å². The number of methoxy groups -OCH3 is 1. The lowest BCUT2D eigenvalue weighted by Gasteiger charge is -2.13. The number of imide groups is 1. The quantitative estimate of drug-likeness (QED) is 0.238. The van der Waals surface area contributed by atoms with Gasteiger partial charge in [0.15, 0.2) is 11.5 Å². The van der Waals surface area contributed by atoms with Crippen LogP contribution in [0.4, 0.5) is 9.18 Å². The minimum Gasteiger partial charge on any atom is -0.493 e. The van der Waals surface area contributed by atoms with E-state index in [9.17, 15) is 18.8 Å². The van der Waals surface area contributed by atoms with Crippen LogP contribution in [0.15, 0.2) is 71.6 Å². The van der Waals surface area contributed by atoms with Crippen molar-refractivity contribution in [1.29, 1.82) is 0 Å². The monoisotopic (exact) mass is 497 g/mol. The number of ether oxygens (including phenoxy) is 2. The molecule has 1 heterocycles. The molecular formula is C25H17ClFNO5S. The highest BCUT2D eigenvalue weighted by molar-refractivity contribution is 8.18. The molecule has 172 valence electrons. The van der Waals surface area contributed by atoms with Crippen LogP contribution in [0, 0.1) is 5.82 Å². The maximum atomic E-state index is 13.9. The zero-order valence-electron chi connectivity index (χ0n) is 17.8. The lowest BCUT2D eigenvalue weighted by molar-refractivity contribution is -0.123. The van der Waals surface area contributed by atoms with E-state index >= 15 is 0 Å². The van der Waals surface area contributed by atoms with Gasteiger partial charge in [-0.3, -0.25) is 14.5 Å². The summed E-state index contributed by atoms with van der Waals surface area (Å²) in [6, 6.07) is 17.1. The first kappa shape index (κ1) is 23.5. The molecule has 1 fully saturated rings. The second-order valence-corrected chi connectivity index (χ2v) is 8.54. The highest BCUT2D eigenvalue weighted by Gasteiger charge is 2.35. The van der Waals surface area contributed by atoms with Crippen molar-refractivity contribution in [2.75, 3.05) is 7.11 Å². The number of carbonyl (C=O) groups excluding carboxylic acids is 3. The molecule has 0 unspecified atom stereocenters. The molecule has 4 rings (SSSR count). The Morgan fingerprint density at radius 2 is 1.79 bits per heavy atom. The third-order valence-corrected chi connectivity index (χ3v) is 6.22. The van der Waals surface area contributed by atoms with Crippen LogP contribution < -0.4 is 9.47 Å². The van der Waals surface area contributed by atoms with Gasteiger partial charge in [0.05, 0.1) is 24.1 Å². The molecule has 3 aromatic rings. The summed E-state index contributed by atoms with van der Waals surface area (Å²) in [4.78, 5) is 38.9. The van der Waals surface area contributed by atoms with Crippen LogP contribution in [0.1, 0.15) is 21.5 Å². The van der Waals surface area contributed by atoms with E-state index < -0.39 is 22.9 Å². The molecule has 0 bridgehead atoms. The molecular weight excluding hydrogens is 481 g/mol. The average molecular weight is 498 g/mol. The van der Waals surface area contributed by atoms with E-state index in [4.69, 9.17) is 21.1 Å². The van der Waals surface area contributed by atoms with Crippen molar-refractivity contribution in [2.45, 2.75) is 6.54 Å². The van der Waals surface area contributed by atoms with Crippen LogP contribution in [0.5, 0.6) is 11.5 Å². The summed E-state index contributed by atoms with van der Waals surface area (Å²) in [6.07, 6.45) is 1.54. The van der Waals surface area contributed by atoms with Crippen LogP contribution >= 0.6 is 23.4 Å². The van der Waals surface area contributed by atoms with E-state index in [0.29, 0.717) is 16.1 Å². The SMILES string of the molecule is COc1cc(/C=C2\SC(=O)N(Cc3ccccc3Cl)C2=O)ccc1OC(=O)c1ccccc1F. The Labute approximate surface area is 203 Å². The van der Waals surface area contributed by atoms with Crippen molar-refractivity contribution in [3.63, 3.8) is 0 Å². The summed E-state index contributed by atoms with van der Waals surface area (Å²) < 4.78 is 24.4. The average Bonchev–Trinajstić information content (AvgIpc) is 3.08. The summed E-state index contributed by atoms with van der Waals surface area (Å²) in [5, 5.41) is 0.0642. The number of benzene rings is 3. The minimum atomic E-state index is -0.871. The number of halogens is 2. The first-order valence-corrected chi connectivity index (χ1v) is 11.2. The predicted molar refractivity (Wildman–Crippen MR) is 127 cm³/mol. The Bertz CT molecular complexity index is 1330. The largest absolute Gasteiger partial charge is 0.493 e.